The summed E-state index contributed by atoms with van der Waals surface area (Å²) in [5.74, 6) is -0.210. The number of imidazole rings is 1. The van der Waals surface area contributed by atoms with Crippen molar-refractivity contribution in [2.45, 2.75) is 13.3 Å². The van der Waals surface area contributed by atoms with Crippen molar-refractivity contribution in [3.8, 4) is 0 Å². The van der Waals surface area contributed by atoms with Crippen molar-refractivity contribution in [3.05, 3.63) is 21.9 Å². The Labute approximate surface area is 99.0 Å². The van der Waals surface area contributed by atoms with Crippen molar-refractivity contribution in [3.63, 3.8) is 0 Å². The molecule has 0 atom stereocenters. The number of carbonyl (C=O) groups is 1. The highest BCUT2D eigenvalue weighted by atomic mass is 79.9. The molecule has 80 valence electrons. The van der Waals surface area contributed by atoms with Crippen molar-refractivity contribution in [1.82, 2.24) is 9.38 Å². The number of hydrogen-bond acceptors (Lipinski definition) is 4. The van der Waals surface area contributed by atoms with Gasteiger partial charge in [-0.1, -0.05) is 0 Å². The van der Waals surface area contributed by atoms with Crippen LogP contribution in [-0.4, -0.2) is 22.0 Å². The minimum atomic E-state index is -0.210. The minimum absolute atomic E-state index is 0.210. The van der Waals surface area contributed by atoms with Crippen LogP contribution in [0.15, 0.2) is 16.2 Å². The van der Waals surface area contributed by atoms with Crippen LogP contribution in [0.1, 0.15) is 12.6 Å². The molecule has 0 amide bonds. The molecule has 0 aliphatic rings. The predicted octanol–water partition coefficient (Wildman–Crippen LogP) is 2.26. The first-order valence-corrected chi connectivity index (χ1v) is 6.14. The molecule has 0 aromatic carbocycles. The lowest BCUT2D eigenvalue weighted by molar-refractivity contribution is -0.142. The van der Waals surface area contributed by atoms with Gasteiger partial charge >= 0.3 is 5.97 Å². The zero-order valence-corrected chi connectivity index (χ0v) is 10.5. The topological polar surface area (TPSA) is 43.6 Å². The number of ether oxygens (including phenoxy) is 1. The fraction of sp³-hybridized carbons (Fsp3) is 0.333. The molecule has 0 radical (unpaired) electrons. The molecule has 2 rings (SSSR count). The summed E-state index contributed by atoms with van der Waals surface area (Å²) in [6, 6.07) is 0. The number of fused-ring (bicyclic) bond motifs is 1. The van der Waals surface area contributed by atoms with E-state index >= 15 is 0 Å². The average Bonchev–Trinajstić information content (AvgIpc) is 2.72. The van der Waals surface area contributed by atoms with E-state index in [9.17, 15) is 4.79 Å². The molecular formula is C9H9BrN2O2S. The summed E-state index contributed by atoms with van der Waals surface area (Å²) in [6.07, 6.45) is 2.00. The smallest absolute Gasteiger partial charge is 0.311 e. The predicted molar refractivity (Wildman–Crippen MR) is 61.1 cm³/mol. The van der Waals surface area contributed by atoms with Crippen LogP contribution in [0.2, 0.25) is 0 Å². The summed E-state index contributed by atoms with van der Waals surface area (Å²) >= 11 is 4.89. The largest absolute Gasteiger partial charge is 0.466 e. The van der Waals surface area contributed by atoms with Crippen LogP contribution in [0, 0.1) is 0 Å². The van der Waals surface area contributed by atoms with E-state index in [1.165, 1.54) is 11.3 Å². The second-order valence-electron chi connectivity index (χ2n) is 2.91. The number of carbonyl (C=O) groups excluding carboxylic acids is 1. The standard InChI is InChI=1S/C9H9BrN2O2S/c1-2-14-8(13)3-6-5-15-9-11-4-7(10)12(6)9/h4-5H,2-3H2,1H3. The van der Waals surface area contributed by atoms with Crippen LogP contribution in [0.3, 0.4) is 0 Å². The van der Waals surface area contributed by atoms with Crippen LogP contribution >= 0.6 is 27.3 Å². The number of nitrogens with zero attached hydrogens (tertiary/aromatic N) is 2. The van der Waals surface area contributed by atoms with Gasteiger partial charge in [0.25, 0.3) is 0 Å². The first-order valence-electron chi connectivity index (χ1n) is 4.47. The van der Waals surface area contributed by atoms with Crippen molar-refractivity contribution in [1.29, 1.82) is 0 Å². The van der Waals surface area contributed by atoms with Gasteiger partial charge in [-0.05, 0) is 22.9 Å². The van der Waals surface area contributed by atoms with Gasteiger partial charge in [0.15, 0.2) is 4.96 Å². The van der Waals surface area contributed by atoms with Crippen molar-refractivity contribution in [2.24, 2.45) is 0 Å². The molecule has 0 bridgehead atoms. The van der Waals surface area contributed by atoms with Crippen LogP contribution < -0.4 is 0 Å². The molecule has 0 aliphatic heterocycles. The lowest BCUT2D eigenvalue weighted by Gasteiger charge is -2.00. The summed E-state index contributed by atoms with van der Waals surface area (Å²) in [5.41, 5.74) is 0.901. The van der Waals surface area contributed by atoms with Gasteiger partial charge in [-0.2, -0.15) is 0 Å². The molecule has 0 saturated carbocycles. The normalized spacial score (nSPS) is 10.8. The molecule has 2 aromatic heterocycles. The molecule has 0 N–H and O–H groups in total. The van der Waals surface area contributed by atoms with Gasteiger partial charge in [0, 0.05) is 11.1 Å². The van der Waals surface area contributed by atoms with Crippen molar-refractivity contribution < 1.29 is 9.53 Å². The second kappa shape index (κ2) is 4.32. The summed E-state index contributed by atoms with van der Waals surface area (Å²) in [5, 5.41) is 1.92. The van der Waals surface area contributed by atoms with E-state index < -0.39 is 0 Å². The molecule has 2 heterocycles. The summed E-state index contributed by atoms with van der Waals surface area (Å²) in [6.45, 7) is 2.21. The molecule has 4 nitrogen and oxygen atoms in total. The average molecular weight is 289 g/mol. The highest BCUT2D eigenvalue weighted by Gasteiger charge is 2.12. The first kappa shape index (κ1) is 10.6. The molecule has 0 unspecified atom stereocenters. The third-order valence-electron chi connectivity index (χ3n) is 1.90. The van der Waals surface area contributed by atoms with E-state index in [0.717, 1.165) is 15.3 Å². The Bertz CT molecular complexity index is 491. The Hall–Kier alpha value is -0.880. The Balaban J connectivity index is 2.27. The highest BCUT2D eigenvalue weighted by molar-refractivity contribution is 9.10. The molecule has 6 heteroatoms. The SMILES string of the molecule is CCOC(=O)Cc1csc2ncc(Br)n12. The molecule has 2 aromatic rings. The number of halogens is 1. The van der Waals surface area contributed by atoms with E-state index in [-0.39, 0.29) is 12.4 Å². The highest BCUT2D eigenvalue weighted by Crippen LogP contribution is 2.21. The monoisotopic (exact) mass is 288 g/mol. The molecular weight excluding hydrogens is 280 g/mol. The second-order valence-corrected chi connectivity index (χ2v) is 4.56. The van der Waals surface area contributed by atoms with Crippen LogP contribution in [0.5, 0.6) is 0 Å². The minimum Gasteiger partial charge on any atom is -0.466 e. The quantitative estimate of drug-likeness (QED) is 0.814. The van der Waals surface area contributed by atoms with Crippen molar-refractivity contribution in [2.75, 3.05) is 6.61 Å². The number of thiazole rings is 1. The number of hydrogen-bond donors (Lipinski definition) is 0. The van der Waals surface area contributed by atoms with Crippen LogP contribution in [0.4, 0.5) is 0 Å². The molecule has 0 saturated heterocycles. The number of rotatable bonds is 3. The lowest BCUT2D eigenvalue weighted by Crippen LogP contribution is -2.08. The first-order chi connectivity index (χ1) is 7.22. The van der Waals surface area contributed by atoms with E-state index in [2.05, 4.69) is 20.9 Å². The van der Waals surface area contributed by atoms with Gasteiger partial charge in [-0.25, -0.2) is 4.98 Å². The fourth-order valence-electron chi connectivity index (χ4n) is 1.31. The third kappa shape index (κ3) is 2.05. The van der Waals surface area contributed by atoms with E-state index in [1.807, 2.05) is 9.78 Å². The summed E-state index contributed by atoms with van der Waals surface area (Å²) in [4.78, 5) is 16.4. The maximum atomic E-state index is 11.3. The number of esters is 1. The summed E-state index contributed by atoms with van der Waals surface area (Å²) < 4.78 is 7.66. The van der Waals surface area contributed by atoms with Gasteiger partial charge in [0.1, 0.15) is 4.60 Å². The zero-order chi connectivity index (χ0) is 10.8. The maximum absolute atomic E-state index is 11.3. The molecule has 15 heavy (non-hydrogen) atoms. The zero-order valence-electron chi connectivity index (χ0n) is 8.07. The van der Waals surface area contributed by atoms with Gasteiger partial charge in [0.05, 0.1) is 19.2 Å². The number of aromatic nitrogens is 2. The Morgan fingerprint density at radius 3 is 3.27 bits per heavy atom. The Morgan fingerprint density at radius 1 is 1.73 bits per heavy atom. The van der Waals surface area contributed by atoms with Crippen LogP contribution in [-0.2, 0) is 16.0 Å². The Morgan fingerprint density at radius 2 is 2.53 bits per heavy atom. The molecule has 0 aliphatic carbocycles. The fourth-order valence-corrected chi connectivity index (χ4v) is 2.79. The van der Waals surface area contributed by atoms with Crippen LogP contribution in [0.25, 0.3) is 4.96 Å². The van der Waals surface area contributed by atoms with E-state index in [1.54, 1.807) is 13.1 Å². The summed E-state index contributed by atoms with van der Waals surface area (Å²) in [7, 11) is 0. The van der Waals surface area contributed by atoms with Crippen molar-refractivity contribution >= 4 is 38.2 Å². The van der Waals surface area contributed by atoms with Gasteiger partial charge < -0.3 is 4.74 Å². The Kier molecular flexibility index (Phi) is 3.06. The van der Waals surface area contributed by atoms with E-state index in [4.69, 9.17) is 4.74 Å². The molecule has 0 spiro atoms. The van der Waals surface area contributed by atoms with Gasteiger partial charge in [-0.3, -0.25) is 9.20 Å². The maximum Gasteiger partial charge on any atom is 0.311 e. The van der Waals surface area contributed by atoms with Gasteiger partial charge in [0.2, 0.25) is 0 Å². The lowest BCUT2D eigenvalue weighted by atomic mass is 10.3. The van der Waals surface area contributed by atoms with Gasteiger partial charge in [-0.15, -0.1) is 11.3 Å². The third-order valence-corrected chi connectivity index (χ3v) is 3.35. The van der Waals surface area contributed by atoms with E-state index in [0.29, 0.717) is 6.61 Å². The molecule has 0 fully saturated rings.